The van der Waals surface area contributed by atoms with Crippen LogP contribution in [0.3, 0.4) is 0 Å². The first-order chi connectivity index (χ1) is 41.2. The number of rotatable bonds is 24. The Labute approximate surface area is 495 Å². The van der Waals surface area contributed by atoms with Crippen molar-refractivity contribution in [2.24, 2.45) is 5.73 Å². The highest BCUT2D eigenvalue weighted by atomic mass is 16.6. The first kappa shape index (κ1) is 58.9. The number of nitrogen functional groups attached to an aromatic ring is 1. The molecule has 1 amide bonds. The standard InChI is InChI=1S/C62H80N14O9/c1-6-71(7-2)44-19-21-50-56(25-44)84-57-26-45(72(8-3)9-4)20-22-51(57)62(50)49-18-14-13-17-48(49)60(80)75(62)37-46-36-74(76(46)64)24-23-69-32-42(66-39-69)33-70(31-41(29-63)65-30-58-52(77)27-54(79)61(81)85-58)34-43-35-73(68-67-43)38-59-53(78)28-55(40(5)82-59)83-47-15-11-10-12-16-47/h10-22,25-26,29,32,35-36,39-40,52-55,58-59,61,65,77-79,81H,6-9,23-24,27-28,30-31,33-34,37-38,63-64H2,1-5H3/b41-29-/t40-,52-,53-,54+,55+,58?,59?,61+/m1/s1. The Kier molecular flexibility index (Phi) is 17.6. The molecule has 7 heterocycles. The van der Waals surface area contributed by atoms with Crippen LogP contribution in [0.15, 0.2) is 128 Å². The molecule has 2 fully saturated rings. The Morgan fingerprint density at radius 2 is 1.46 bits per heavy atom. The van der Waals surface area contributed by atoms with Gasteiger partial charge in [-0.2, -0.15) is 0 Å². The first-order valence-corrected chi connectivity index (χ1v) is 29.6. The number of aryl methyl sites for hydroxylation is 2. The number of benzene rings is 4. The van der Waals surface area contributed by atoms with Crippen molar-refractivity contribution in [3.63, 3.8) is 0 Å². The fraction of sp³-hybridized carbons (Fsp3) is 0.452. The average molecular weight is 1170 g/mol. The minimum atomic E-state index is -1.42. The SMILES string of the molecule is CCN(CC)c1ccc2c(c1)Oc1cc(N(CC)CC)ccc1C21c2ccccc2C(=O)N1Cc1cn(CCn2cnc(CN(C/C(=C/N)NCC3O[C@H](O)[C@@H](O)C[C@H]3O)Cc3cn(CC4O[C@H](C)[C@@H](Oc5ccccc5)C[C@H]4O)nn3)c2)n1N. The van der Waals surface area contributed by atoms with Gasteiger partial charge in [-0.05, 0) is 70.5 Å². The fourth-order valence-corrected chi connectivity index (χ4v) is 12.5. The second kappa shape index (κ2) is 25.4. The summed E-state index contributed by atoms with van der Waals surface area (Å²) in [6.45, 7) is 16.5. The maximum Gasteiger partial charge on any atom is 0.255 e. The molecular weight excluding hydrogens is 1080 g/mol. The van der Waals surface area contributed by atoms with Crippen LogP contribution in [-0.4, -0.2) is 158 Å². The minimum Gasteiger partial charge on any atom is -0.488 e. The number of ether oxygens (including phenoxy) is 4. The van der Waals surface area contributed by atoms with Crippen LogP contribution in [0.25, 0.3) is 0 Å². The molecule has 11 rings (SSSR count). The molecule has 3 aromatic heterocycles. The summed E-state index contributed by atoms with van der Waals surface area (Å²) < 4.78 is 30.5. The maximum atomic E-state index is 15.0. The number of nitrogens with one attached hydrogen (secondary N) is 1. The van der Waals surface area contributed by atoms with Crippen LogP contribution in [-0.2, 0) is 54.3 Å². The lowest BCUT2D eigenvalue weighted by Gasteiger charge is -2.45. The summed E-state index contributed by atoms with van der Waals surface area (Å²) in [5.41, 5.74) is 13.4. The van der Waals surface area contributed by atoms with Gasteiger partial charge in [-0.25, -0.2) is 14.5 Å². The molecule has 23 heteroatoms. The summed E-state index contributed by atoms with van der Waals surface area (Å²) >= 11 is 0. The van der Waals surface area contributed by atoms with Crippen LogP contribution < -0.4 is 36.2 Å². The Bertz CT molecular complexity index is 3360. The van der Waals surface area contributed by atoms with Gasteiger partial charge < -0.3 is 75.5 Å². The molecule has 8 atom stereocenters. The van der Waals surface area contributed by atoms with Crippen LogP contribution in [0.5, 0.6) is 17.2 Å². The highest BCUT2D eigenvalue weighted by Crippen LogP contribution is 2.59. The van der Waals surface area contributed by atoms with Crippen molar-refractivity contribution in [1.82, 2.24) is 49.1 Å². The molecule has 2 unspecified atom stereocenters. The molecule has 0 aliphatic carbocycles. The molecule has 0 saturated carbocycles. The largest absolute Gasteiger partial charge is 0.488 e. The second-order valence-electron chi connectivity index (χ2n) is 22.4. The van der Waals surface area contributed by atoms with E-state index < -0.39 is 42.3 Å². The molecule has 2 saturated heterocycles. The molecule has 0 bridgehead atoms. The number of aliphatic hydroxyl groups is 4. The van der Waals surface area contributed by atoms with Crippen LogP contribution in [0.1, 0.15) is 91.6 Å². The predicted octanol–water partition coefficient (Wildman–Crippen LogP) is 4.44. The highest BCUT2D eigenvalue weighted by Gasteiger charge is 2.56. The van der Waals surface area contributed by atoms with Gasteiger partial charge in [-0.3, -0.25) is 14.4 Å². The first-order valence-electron chi connectivity index (χ1n) is 29.6. The third kappa shape index (κ3) is 11.9. The van der Waals surface area contributed by atoms with Gasteiger partial charge in [-0.1, -0.05) is 53.7 Å². The normalized spacial score (nSPS) is 22.5. The van der Waals surface area contributed by atoms with E-state index in [0.29, 0.717) is 73.3 Å². The van der Waals surface area contributed by atoms with E-state index in [-0.39, 0.29) is 44.2 Å². The number of para-hydroxylation sites is 1. The Morgan fingerprint density at radius 3 is 2.14 bits per heavy atom. The van der Waals surface area contributed by atoms with E-state index in [1.165, 1.54) is 6.20 Å². The lowest BCUT2D eigenvalue weighted by atomic mass is 9.74. The van der Waals surface area contributed by atoms with E-state index >= 15 is 4.79 Å². The van der Waals surface area contributed by atoms with Gasteiger partial charge in [0.05, 0.1) is 61.4 Å². The lowest BCUT2D eigenvalue weighted by molar-refractivity contribution is -0.243. The van der Waals surface area contributed by atoms with E-state index in [0.717, 1.165) is 65.6 Å². The monoisotopic (exact) mass is 1160 g/mol. The zero-order valence-corrected chi connectivity index (χ0v) is 49.0. The van der Waals surface area contributed by atoms with Crippen LogP contribution in [0.4, 0.5) is 11.4 Å². The van der Waals surface area contributed by atoms with Crippen molar-refractivity contribution < 1.29 is 44.2 Å². The van der Waals surface area contributed by atoms with Gasteiger partial charge >= 0.3 is 0 Å². The van der Waals surface area contributed by atoms with E-state index in [9.17, 15) is 20.4 Å². The number of aliphatic hydroxyl groups excluding tert-OH is 4. The van der Waals surface area contributed by atoms with Crippen molar-refractivity contribution in [2.45, 2.75) is 141 Å². The number of carbonyl (C=O) groups is 1. The Balaban J connectivity index is 0.794. The molecule has 1 spiro atoms. The summed E-state index contributed by atoms with van der Waals surface area (Å²) in [7, 11) is 0. The number of nitrogens with zero attached hydrogens (tertiary/aromatic N) is 11. The van der Waals surface area contributed by atoms with Gasteiger partial charge in [0, 0.05) is 142 Å². The molecule has 4 aromatic carbocycles. The summed E-state index contributed by atoms with van der Waals surface area (Å²) in [5.74, 6) is 8.94. The number of amides is 1. The molecule has 7 aromatic rings. The predicted molar refractivity (Wildman–Crippen MR) is 319 cm³/mol. The van der Waals surface area contributed by atoms with Gasteiger partial charge in [0.25, 0.3) is 5.91 Å². The molecule has 85 heavy (non-hydrogen) atoms. The van der Waals surface area contributed by atoms with Crippen molar-refractivity contribution in [3.05, 3.63) is 167 Å². The average Bonchev–Trinajstić information content (AvgIpc) is 1.65. The van der Waals surface area contributed by atoms with Gasteiger partial charge in [-0.15, -0.1) is 5.10 Å². The second-order valence-corrected chi connectivity index (χ2v) is 22.4. The van der Waals surface area contributed by atoms with Gasteiger partial charge in [0.2, 0.25) is 0 Å². The number of aromatic nitrogens is 7. The third-order valence-corrected chi connectivity index (χ3v) is 17.1. The minimum absolute atomic E-state index is 0.0323. The van der Waals surface area contributed by atoms with Crippen LogP contribution >= 0.6 is 0 Å². The fourth-order valence-electron chi connectivity index (χ4n) is 12.5. The van der Waals surface area contributed by atoms with Gasteiger partial charge in [0.1, 0.15) is 47.2 Å². The molecule has 4 aliphatic rings. The number of imidazole rings is 1. The third-order valence-electron chi connectivity index (χ3n) is 17.1. The molecule has 0 radical (unpaired) electrons. The number of hydrogen-bond donors (Lipinski definition) is 7. The van der Waals surface area contributed by atoms with E-state index in [4.69, 9.17) is 35.5 Å². The van der Waals surface area contributed by atoms with E-state index in [2.05, 4.69) is 100 Å². The van der Waals surface area contributed by atoms with E-state index in [1.807, 2.05) is 88.2 Å². The Hall–Kier alpha value is -7.90. The van der Waals surface area contributed by atoms with Crippen molar-refractivity contribution in [2.75, 3.05) is 54.9 Å². The van der Waals surface area contributed by atoms with Gasteiger partial charge in [0.15, 0.2) is 6.29 Å². The summed E-state index contributed by atoms with van der Waals surface area (Å²) in [4.78, 5) is 30.1. The smallest absolute Gasteiger partial charge is 0.255 e. The quantitative estimate of drug-likeness (QED) is 0.0412. The summed E-state index contributed by atoms with van der Waals surface area (Å²) in [5, 5.41) is 54.2. The molecule has 23 nitrogen and oxygen atoms in total. The Morgan fingerprint density at radius 1 is 0.788 bits per heavy atom. The van der Waals surface area contributed by atoms with Crippen molar-refractivity contribution >= 4 is 17.3 Å². The number of fused-ring (bicyclic) bond motifs is 6. The molecule has 452 valence electrons. The van der Waals surface area contributed by atoms with E-state index in [1.54, 1.807) is 15.8 Å². The highest BCUT2D eigenvalue weighted by molar-refractivity contribution is 6.02. The molecule has 4 aliphatic heterocycles. The topological polar surface area (TPSA) is 270 Å². The number of nitrogens with two attached hydrogens (primary N) is 2. The van der Waals surface area contributed by atoms with Crippen LogP contribution in [0.2, 0.25) is 0 Å². The zero-order valence-electron chi connectivity index (χ0n) is 49.0. The molecule has 9 N–H and O–H groups in total. The van der Waals surface area contributed by atoms with Crippen LogP contribution in [0, 0.1) is 0 Å². The number of hydrogen-bond acceptors (Lipinski definition) is 18. The number of carbonyl (C=O) groups excluding carboxylic acids is 1. The summed E-state index contributed by atoms with van der Waals surface area (Å²) in [6, 6.07) is 30.1. The maximum absolute atomic E-state index is 15.0. The molecular formula is C62H80N14O9. The summed E-state index contributed by atoms with van der Waals surface area (Å²) in [6.07, 6.45) is 3.04. The van der Waals surface area contributed by atoms with Crippen molar-refractivity contribution in [3.8, 4) is 17.2 Å². The zero-order chi connectivity index (χ0) is 59.5. The lowest BCUT2D eigenvalue weighted by Crippen LogP contribution is -2.51. The van der Waals surface area contributed by atoms with Crippen molar-refractivity contribution in [1.29, 1.82) is 0 Å². The number of anilines is 2.